The molecule has 1 aliphatic rings. The van der Waals surface area contributed by atoms with Gasteiger partial charge in [-0.25, -0.2) is 13.8 Å². The lowest BCUT2D eigenvalue weighted by atomic mass is 10.0. The Kier molecular flexibility index (Phi) is 5.28. The van der Waals surface area contributed by atoms with E-state index in [0.717, 1.165) is 11.1 Å². The van der Waals surface area contributed by atoms with Crippen LogP contribution in [0.2, 0.25) is 0 Å². The number of nitrogens with one attached hydrogen (secondary N) is 3. The van der Waals surface area contributed by atoms with Crippen molar-refractivity contribution in [1.29, 1.82) is 0 Å². The third-order valence-corrected chi connectivity index (χ3v) is 5.29. The molecule has 0 amide bonds. The zero-order valence-electron chi connectivity index (χ0n) is 13.7. The number of hydrogen-bond donors (Lipinski definition) is 3. The maximum atomic E-state index is 12.7. The minimum absolute atomic E-state index is 0.208. The fourth-order valence-corrected chi connectivity index (χ4v) is 4.28. The SMILES string of the molecule is CCOC(=O)C1C(C)NNC1S(=O)(=O)Nc1cc(C)cc(C)c1. The van der Waals surface area contributed by atoms with Crippen LogP contribution in [-0.2, 0) is 19.6 Å². The van der Waals surface area contributed by atoms with Gasteiger partial charge in [0.1, 0.15) is 5.92 Å². The topological polar surface area (TPSA) is 96.5 Å². The summed E-state index contributed by atoms with van der Waals surface area (Å²) in [6.45, 7) is 7.42. The summed E-state index contributed by atoms with van der Waals surface area (Å²) in [5, 5.41) is -1.10. The molecule has 1 aromatic carbocycles. The fraction of sp³-hybridized carbons (Fsp3) is 0.533. The molecular weight excluding hydrogens is 318 g/mol. The molecule has 128 valence electrons. The second-order valence-electron chi connectivity index (χ2n) is 5.80. The molecule has 3 atom stereocenters. The van der Waals surface area contributed by atoms with E-state index in [0.29, 0.717) is 5.69 Å². The van der Waals surface area contributed by atoms with Crippen LogP contribution in [0.25, 0.3) is 0 Å². The van der Waals surface area contributed by atoms with Crippen molar-refractivity contribution in [2.75, 3.05) is 11.3 Å². The molecule has 7 nitrogen and oxygen atoms in total. The predicted molar refractivity (Wildman–Crippen MR) is 88.1 cm³/mol. The highest BCUT2D eigenvalue weighted by molar-refractivity contribution is 7.93. The molecule has 8 heteroatoms. The molecule has 0 saturated carbocycles. The average Bonchev–Trinajstić information content (AvgIpc) is 2.80. The first-order chi connectivity index (χ1) is 10.7. The largest absolute Gasteiger partial charge is 0.466 e. The second-order valence-corrected chi connectivity index (χ2v) is 7.60. The number of hydrazine groups is 1. The molecule has 1 aromatic rings. The quantitative estimate of drug-likeness (QED) is 0.693. The van der Waals surface area contributed by atoms with E-state index in [4.69, 9.17) is 4.74 Å². The van der Waals surface area contributed by atoms with Crippen LogP contribution in [0.4, 0.5) is 5.69 Å². The number of carbonyl (C=O) groups is 1. The Morgan fingerprint density at radius 3 is 2.39 bits per heavy atom. The van der Waals surface area contributed by atoms with E-state index in [9.17, 15) is 13.2 Å². The van der Waals surface area contributed by atoms with Gasteiger partial charge in [0.25, 0.3) is 10.0 Å². The predicted octanol–water partition coefficient (Wildman–Crippen LogP) is 1.05. The molecule has 0 radical (unpaired) electrons. The van der Waals surface area contributed by atoms with Crippen molar-refractivity contribution in [2.24, 2.45) is 5.92 Å². The molecule has 1 heterocycles. The Balaban J connectivity index is 2.25. The zero-order chi connectivity index (χ0) is 17.2. The molecule has 23 heavy (non-hydrogen) atoms. The van der Waals surface area contributed by atoms with Gasteiger partial charge < -0.3 is 4.74 Å². The minimum Gasteiger partial charge on any atom is -0.466 e. The Bertz CT molecular complexity index is 670. The number of aryl methyl sites for hydroxylation is 2. The molecule has 1 saturated heterocycles. The highest BCUT2D eigenvalue weighted by Crippen LogP contribution is 2.24. The van der Waals surface area contributed by atoms with Crippen molar-refractivity contribution in [2.45, 2.75) is 39.1 Å². The molecule has 1 aliphatic heterocycles. The third-order valence-electron chi connectivity index (χ3n) is 3.69. The van der Waals surface area contributed by atoms with Crippen LogP contribution >= 0.6 is 0 Å². The molecule has 0 aliphatic carbocycles. The van der Waals surface area contributed by atoms with E-state index in [-0.39, 0.29) is 12.6 Å². The van der Waals surface area contributed by atoms with Gasteiger partial charge in [-0.2, -0.15) is 0 Å². The lowest BCUT2D eigenvalue weighted by molar-refractivity contribution is -0.148. The lowest BCUT2D eigenvalue weighted by Crippen LogP contribution is -2.44. The molecule has 0 bridgehead atoms. The number of benzene rings is 1. The van der Waals surface area contributed by atoms with E-state index in [1.54, 1.807) is 26.0 Å². The summed E-state index contributed by atoms with van der Waals surface area (Å²) in [6.07, 6.45) is 0. The standard InChI is InChI=1S/C15H23N3O4S/c1-5-22-15(19)13-11(4)16-17-14(13)23(20,21)18-12-7-9(2)6-10(3)8-12/h6-8,11,13-14,16-18H,5H2,1-4H3. The number of carbonyl (C=O) groups excluding carboxylic acids is 1. The molecule has 3 unspecified atom stereocenters. The number of anilines is 1. The number of ether oxygens (including phenoxy) is 1. The maximum Gasteiger partial charge on any atom is 0.313 e. The van der Waals surface area contributed by atoms with Gasteiger partial charge in [-0.05, 0) is 51.0 Å². The Labute approximate surface area is 136 Å². The summed E-state index contributed by atoms with van der Waals surface area (Å²) < 4.78 is 32.9. The molecular formula is C15H23N3O4S. The van der Waals surface area contributed by atoms with Crippen LogP contribution in [0.5, 0.6) is 0 Å². The van der Waals surface area contributed by atoms with Gasteiger partial charge in [0.15, 0.2) is 5.37 Å². The molecule has 0 spiro atoms. The number of rotatable bonds is 5. The summed E-state index contributed by atoms with van der Waals surface area (Å²) in [4.78, 5) is 12.1. The summed E-state index contributed by atoms with van der Waals surface area (Å²) >= 11 is 0. The van der Waals surface area contributed by atoms with Crippen LogP contribution < -0.4 is 15.6 Å². The monoisotopic (exact) mass is 341 g/mol. The van der Waals surface area contributed by atoms with Crippen molar-refractivity contribution in [3.63, 3.8) is 0 Å². The molecule has 2 rings (SSSR count). The minimum atomic E-state index is -3.82. The number of sulfonamides is 1. The highest BCUT2D eigenvalue weighted by atomic mass is 32.2. The van der Waals surface area contributed by atoms with Crippen LogP contribution in [0.1, 0.15) is 25.0 Å². The Morgan fingerprint density at radius 1 is 1.22 bits per heavy atom. The van der Waals surface area contributed by atoms with Gasteiger partial charge in [0.2, 0.25) is 0 Å². The Hall–Kier alpha value is -1.64. The third kappa shape index (κ3) is 4.01. The van der Waals surface area contributed by atoms with E-state index < -0.39 is 27.3 Å². The van der Waals surface area contributed by atoms with Crippen LogP contribution in [0.15, 0.2) is 18.2 Å². The highest BCUT2D eigenvalue weighted by Gasteiger charge is 2.47. The van der Waals surface area contributed by atoms with Gasteiger partial charge in [0.05, 0.1) is 6.61 Å². The smallest absolute Gasteiger partial charge is 0.313 e. The lowest BCUT2D eigenvalue weighted by Gasteiger charge is -2.20. The normalized spacial score (nSPS) is 24.4. The first-order valence-electron chi connectivity index (χ1n) is 7.52. The maximum absolute atomic E-state index is 12.7. The first-order valence-corrected chi connectivity index (χ1v) is 9.07. The van der Waals surface area contributed by atoms with Crippen molar-refractivity contribution < 1.29 is 17.9 Å². The zero-order valence-corrected chi connectivity index (χ0v) is 14.5. The van der Waals surface area contributed by atoms with Crippen LogP contribution in [0, 0.1) is 19.8 Å². The fourth-order valence-electron chi connectivity index (χ4n) is 2.75. The molecule has 3 N–H and O–H groups in total. The van der Waals surface area contributed by atoms with Crippen LogP contribution in [-0.4, -0.2) is 32.4 Å². The van der Waals surface area contributed by atoms with Gasteiger partial charge >= 0.3 is 5.97 Å². The van der Waals surface area contributed by atoms with Gasteiger partial charge in [0, 0.05) is 11.7 Å². The van der Waals surface area contributed by atoms with E-state index >= 15 is 0 Å². The first kappa shape index (κ1) is 17.7. The van der Waals surface area contributed by atoms with E-state index in [2.05, 4.69) is 15.6 Å². The Morgan fingerprint density at radius 2 is 1.83 bits per heavy atom. The second kappa shape index (κ2) is 6.86. The summed E-state index contributed by atoms with van der Waals surface area (Å²) in [6, 6.07) is 5.09. The van der Waals surface area contributed by atoms with Gasteiger partial charge in [-0.1, -0.05) is 6.07 Å². The van der Waals surface area contributed by atoms with Gasteiger partial charge in [-0.15, -0.1) is 0 Å². The molecule has 0 aromatic heterocycles. The van der Waals surface area contributed by atoms with Crippen LogP contribution in [0.3, 0.4) is 0 Å². The van der Waals surface area contributed by atoms with E-state index in [1.165, 1.54) is 0 Å². The number of esters is 1. The van der Waals surface area contributed by atoms with Crippen molar-refractivity contribution in [3.05, 3.63) is 29.3 Å². The number of hydrogen-bond acceptors (Lipinski definition) is 6. The van der Waals surface area contributed by atoms with E-state index in [1.807, 2.05) is 19.9 Å². The molecule has 1 fully saturated rings. The summed E-state index contributed by atoms with van der Waals surface area (Å²) in [5.74, 6) is -1.35. The van der Waals surface area contributed by atoms with Crippen molar-refractivity contribution in [1.82, 2.24) is 10.9 Å². The average molecular weight is 341 g/mol. The van der Waals surface area contributed by atoms with Crippen molar-refractivity contribution in [3.8, 4) is 0 Å². The summed E-state index contributed by atoms with van der Waals surface area (Å²) in [5.41, 5.74) is 7.87. The summed E-state index contributed by atoms with van der Waals surface area (Å²) in [7, 11) is -3.82. The van der Waals surface area contributed by atoms with Crippen molar-refractivity contribution >= 4 is 21.7 Å². The van der Waals surface area contributed by atoms with Gasteiger partial charge in [-0.3, -0.25) is 14.9 Å².